The predicted molar refractivity (Wildman–Crippen MR) is 79.6 cm³/mol. The van der Waals surface area contributed by atoms with Crippen molar-refractivity contribution in [1.82, 2.24) is 0 Å². The molecular weight excluding hydrogens is 324 g/mol. The molecule has 0 radical (unpaired) electrons. The molecule has 0 aliphatic heterocycles. The maximum absolute atomic E-state index is 10.4. The van der Waals surface area contributed by atoms with E-state index in [-0.39, 0.29) is 22.0 Å². The fraction of sp³-hybridized carbons (Fsp3) is 0.533. The molecule has 1 aromatic rings. The summed E-state index contributed by atoms with van der Waals surface area (Å²) in [6, 6.07) is 7.42. The third-order valence-corrected chi connectivity index (χ3v) is 3.51. The van der Waals surface area contributed by atoms with Gasteiger partial charge in [0.15, 0.2) is 0 Å². The predicted octanol–water partition coefficient (Wildman–Crippen LogP) is 4.50. The zero-order valence-electron chi connectivity index (χ0n) is 12.0. The Morgan fingerprint density at radius 2 is 1.50 bits per heavy atom. The topological polar surface area (TPSA) is 54.4 Å². The van der Waals surface area contributed by atoms with E-state index in [2.05, 4.69) is 13.8 Å². The van der Waals surface area contributed by atoms with Crippen molar-refractivity contribution in [1.29, 1.82) is 0 Å². The average molecular weight is 349 g/mol. The first kappa shape index (κ1) is 21.9. The summed E-state index contributed by atoms with van der Waals surface area (Å²) in [4.78, 5) is -0.0741. The van der Waals surface area contributed by atoms with Crippen LogP contribution in [-0.2, 0) is 27.2 Å². The van der Waals surface area contributed by atoms with Gasteiger partial charge in [-0.2, -0.15) is 14.8 Å². The van der Waals surface area contributed by atoms with Gasteiger partial charge in [-0.3, -0.25) is 4.55 Å². The Hall–Kier alpha value is -0.351. The van der Waals surface area contributed by atoms with Crippen LogP contribution in [0.25, 0.3) is 0 Å². The Morgan fingerprint density at radius 1 is 1.00 bits per heavy atom. The zero-order chi connectivity index (χ0) is 14.6. The van der Waals surface area contributed by atoms with Gasteiger partial charge in [0, 0.05) is 0 Å². The SMILES string of the molecule is O=S(=O)(O)c1ccccc1.[CH2-]CCCCCCCC.[Cu+]. The Bertz CT molecular complexity index is 398. The smallest absolute Gasteiger partial charge is 0.343 e. The van der Waals surface area contributed by atoms with Gasteiger partial charge in [0.05, 0.1) is 4.90 Å². The molecule has 1 aromatic carbocycles. The molecule has 0 atom stereocenters. The van der Waals surface area contributed by atoms with E-state index in [9.17, 15) is 8.42 Å². The molecule has 0 aliphatic rings. The molecular formula is C15H25CuO3S. The molecule has 0 spiro atoms. The number of benzene rings is 1. The molecule has 0 fully saturated rings. The van der Waals surface area contributed by atoms with E-state index in [0.717, 1.165) is 6.42 Å². The fourth-order valence-corrected chi connectivity index (χ4v) is 2.05. The Labute approximate surface area is 134 Å². The van der Waals surface area contributed by atoms with Crippen LogP contribution < -0.4 is 0 Å². The normalized spacial score (nSPS) is 10.2. The van der Waals surface area contributed by atoms with E-state index in [1.165, 1.54) is 50.7 Å². The molecule has 0 bridgehead atoms. The van der Waals surface area contributed by atoms with Crippen LogP contribution in [0.15, 0.2) is 35.2 Å². The van der Waals surface area contributed by atoms with Crippen LogP contribution in [0.4, 0.5) is 0 Å². The monoisotopic (exact) mass is 348 g/mol. The molecule has 0 unspecified atom stereocenters. The summed E-state index contributed by atoms with van der Waals surface area (Å²) in [5.74, 6) is 0. The average Bonchev–Trinajstić information content (AvgIpc) is 2.40. The Balaban J connectivity index is 0. The van der Waals surface area contributed by atoms with Crippen LogP contribution in [-0.4, -0.2) is 13.0 Å². The third kappa shape index (κ3) is 12.7. The van der Waals surface area contributed by atoms with Gasteiger partial charge in [-0.25, -0.2) is 0 Å². The molecule has 1 N–H and O–H groups in total. The first-order chi connectivity index (χ1) is 9.02. The van der Waals surface area contributed by atoms with Gasteiger partial charge in [0.2, 0.25) is 0 Å². The number of hydrogen-bond donors (Lipinski definition) is 1. The van der Waals surface area contributed by atoms with E-state index in [1.54, 1.807) is 18.2 Å². The van der Waals surface area contributed by atoms with Crippen molar-refractivity contribution in [2.75, 3.05) is 0 Å². The standard InChI is InChI=1S/C9H19.C6H6O3S.Cu/c1-3-5-7-9-8-6-4-2;7-10(8,9)6-4-2-1-3-5-6;/h1,3-9H2,2H3;1-5H,(H,7,8,9);/q-1;;+1. The van der Waals surface area contributed by atoms with Crippen molar-refractivity contribution in [2.45, 2.75) is 56.8 Å². The van der Waals surface area contributed by atoms with Crippen LogP contribution in [0.3, 0.4) is 0 Å². The molecule has 1 rings (SSSR count). The van der Waals surface area contributed by atoms with Crippen LogP contribution in [0.2, 0.25) is 0 Å². The number of hydrogen-bond acceptors (Lipinski definition) is 2. The second kappa shape index (κ2) is 13.6. The van der Waals surface area contributed by atoms with E-state index in [1.807, 2.05) is 0 Å². The van der Waals surface area contributed by atoms with Gasteiger partial charge in [0.1, 0.15) is 0 Å². The van der Waals surface area contributed by atoms with Crippen LogP contribution >= 0.6 is 0 Å². The van der Waals surface area contributed by atoms with E-state index in [0.29, 0.717) is 0 Å². The third-order valence-electron chi connectivity index (χ3n) is 2.64. The number of unbranched alkanes of at least 4 members (excludes halogenated alkanes) is 6. The quantitative estimate of drug-likeness (QED) is 0.341. The molecule has 0 aromatic heterocycles. The van der Waals surface area contributed by atoms with E-state index in [4.69, 9.17) is 4.55 Å². The van der Waals surface area contributed by atoms with Gasteiger partial charge in [-0.05, 0) is 12.1 Å². The molecule has 20 heavy (non-hydrogen) atoms. The summed E-state index contributed by atoms with van der Waals surface area (Å²) in [6.45, 7) is 6.05. The second-order valence-corrected chi connectivity index (χ2v) is 5.83. The van der Waals surface area contributed by atoms with Crippen molar-refractivity contribution in [3.05, 3.63) is 37.3 Å². The minimum absolute atomic E-state index is 0. The minimum atomic E-state index is -4.00. The van der Waals surface area contributed by atoms with Gasteiger partial charge >= 0.3 is 17.1 Å². The summed E-state index contributed by atoms with van der Waals surface area (Å²) in [5, 5.41) is 0. The maximum atomic E-state index is 10.4. The number of rotatable bonds is 7. The van der Waals surface area contributed by atoms with Gasteiger partial charge < -0.3 is 6.92 Å². The van der Waals surface area contributed by atoms with Crippen LogP contribution in [0, 0.1) is 6.92 Å². The largest absolute Gasteiger partial charge is 1.00 e. The summed E-state index contributed by atoms with van der Waals surface area (Å²) in [5.41, 5.74) is 0. The summed E-state index contributed by atoms with van der Waals surface area (Å²) in [7, 11) is -4.00. The van der Waals surface area contributed by atoms with Crippen molar-refractivity contribution in [3.8, 4) is 0 Å². The van der Waals surface area contributed by atoms with Gasteiger partial charge in [-0.15, -0.1) is 0 Å². The fourth-order valence-electron chi connectivity index (χ4n) is 1.55. The minimum Gasteiger partial charge on any atom is -0.343 e. The Morgan fingerprint density at radius 3 is 1.90 bits per heavy atom. The first-order valence-electron chi connectivity index (χ1n) is 6.84. The Kier molecular flexibility index (Phi) is 14.9. The molecule has 3 nitrogen and oxygen atoms in total. The van der Waals surface area contributed by atoms with Crippen LogP contribution in [0.5, 0.6) is 0 Å². The molecule has 0 heterocycles. The summed E-state index contributed by atoms with van der Waals surface area (Å²) < 4.78 is 29.2. The molecule has 5 heteroatoms. The molecule has 0 aliphatic carbocycles. The van der Waals surface area contributed by atoms with E-state index < -0.39 is 10.1 Å². The van der Waals surface area contributed by atoms with Crippen molar-refractivity contribution < 1.29 is 30.0 Å². The summed E-state index contributed by atoms with van der Waals surface area (Å²) in [6.07, 6.45) is 9.45. The summed E-state index contributed by atoms with van der Waals surface area (Å²) >= 11 is 0. The first-order valence-corrected chi connectivity index (χ1v) is 8.28. The maximum Gasteiger partial charge on any atom is 1.00 e. The van der Waals surface area contributed by atoms with Crippen molar-refractivity contribution in [2.24, 2.45) is 0 Å². The van der Waals surface area contributed by atoms with Gasteiger partial charge in [0.25, 0.3) is 10.1 Å². The van der Waals surface area contributed by atoms with Crippen molar-refractivity contribution in [3.63, 3.8) is 0 Å². The molecule has 120 valence electrons. The van der Waals surface area contributed by atoms with Crippen LogP contribution in [0.1, 0.15) is 51.9 Å². The van der Waals surface area contributed by atoms with Gasteiger partial charge in [-0.1, -0.05) is 63.6 Å². The van der Waals surface area contributed by atoms with Crippen molar-refractivity contribution >= 4 is 10.1 Å². The van der Waals surface area contributed by atoms with E-state index >= 15 is 0 Å². The second-order valence-electron chi connectivity index (χ2n) is 4.41. The molecule has 0 saturated heterocycles. The zero-order valence-corrected chi connectivity index (χ0v) is 13.8. The molecule has 0 saturated carbocycles. The molecule has 0 amide bonds.